The maximum atomic E-state index is 12.4. The van der Waals surface area contributed by atoms with Gasteiger partial charge in [0.25, 0.3) is 0 Å². The lowest BCUT2D eigenvalue weighted by Gasteiger charge is -2.09. The zero-order valence-corrected chi connectivity index (χ0v) is 15.2. The molecule has 1 aromatic carbocycles. The van der Waals surface area contributed by atoms with E-state index in [1.54, 1.807) is 22.3 Å². The number of rotatable bonds is 4. The molecule has 27 heavy (non-hydrogen) atoms. The summed E-state index contributed by atoms with van der Waals surface area (Å²) in [7, 11) is 1.75. The summed E-state index contributed by atoms with van der Waals surface area (Å²) >= 11 is 7.43. The molecule has 0 radical (unpaired) electrons. The molecule has 3 aromatic heterocycles. The number of aryl methyl sites for hydroxylation is 1. The van der Waals surface area contributed by atoms with Gasteiger partial charge in [-0.25, -0.2) is 0 Å². The average Bonchev–Trinajstić information content (AvgIpc) is 3.22. The number of alkyl halides is 3. The van der Waals surface area contributed by atoms with Crippen LogP contribution in [-0.2, 0) is 13.5 Å². The van der Waals surface area contributed by atoms with Gasteiger partial charge in [-0.1, -0.05) is 35.1 Å². The molecule has 0 saturated carbocycles. The standard InChI is InChI=1S/C15H10ClF3N6OS/c1-24-12(10(16)7-20-24)13-23-25-11(21-22-14(25)27-13)6-8-3-2-4-9(5-8)26-15(17,18)19/h2-5,7H,6H2,1H3. The fourth-order valence-electron chi connectivity index (χ4n) is 2.55. The fraction of sp³-hybridized carbons (Fsp3) is 0.200. The van der Waals surface area contributed by atoms with Crippen molar-refractivity contribution in [2.75, 3.05) is 0 Å². The molecule has 3 heterocycles. The summed E-state index contributed by atoms with van der Waals surface area (Å²) < 4.78 is 44.3. The van der Waals surface area contributed by atoms with Crippen molar-refractivity contribution < 1.29 is 17.9 Å². The maximum Gasteiger partial charge on any atom is 0.573 e. The third-order valence-corrected chi connectivity index (χ3v) is 4.83. The van der Waals surface area contributed by atoms with Crippen LogP contribution in [-0.4, -0.2) is 36.0 Å². The first kappa shape index (κ1) is 17.7. The summed E-state index contributed by atoms with van der Waals surface area (Å²) in [6, 6.07) is 5.70. The number of fused-ring (bicyclic) bond motifs is 1. The maximum absolute atomic E-state index is 12.4. The van der Waals surface area contributed by atoms with Gasteiger partial charge in [0.15, 0.2) is 10.8 Å². The van der Waals surface area contributed by atoms with E-state index in [-0.39, 0.29) is 12.2 Å². The summed E-state index contributed by atoms with van der Waals surface area (Å²) in [5, 5.41) is 17.8. The largest absolute Gasteiger partial charge is 0.573 e. The first-order valence-electron chi connectivity index (χ1n) is 7.54. The van der Waals surface area contributed by atoms with E-state index in [1.807, 2.05) is 0 Å². The van der Waals surface area contributed by atoms with Crippen LogP contribution in [0.5, 0.6) is 5.75 Å². The van der Waals surface area contributed by atoms with E-state index >= 15 is 0 Å². The van der Waals surface area contributed by atoms with Crippen LogP contribution in [0.2, 0.25) is 5.02 Å². The molecule has 0 N–H and O–H groups in total. The molecule has 0 unspecified atom stereocenters. The van der Waals surface area contributed by atoms with Crippen molar-refractivity contribution in [3.05, 3.63) is 46.9 Å². The number of halogens is 4. The highest BCUT2D eigenvalue weighted by Crippen LogP contribution is 2.31. The van der Waals surface area contributed by atoms with Gasteiger partial charge in [0, 0.05) is 13.5 Å². The molecule has 0 amide bonds. The van der Waals surface area contributed by atoms with Gasteiger partial charge >= 0.3 is 6.36 Å². The second-order valence-corrected chi connectivity index (χ2v) is 6.92. The quantitative estimate of drug-likeness (QED) is 0.509. The molecule has 7 nitrogen and oxygen atoms in total. The Morgan fingerprint density at radius 2 is 2.07 bits per heavy atom. The van der Waals surface area contributed by atoms with Gasteiger partial charge in [-0.3, -0.25) is 4.68 Å². The predicted molar refractivity (Wildman–Crippen MR) is 91.8 cm³/mol. The monoisotopic (exact) mass is 414 g/mol. The van der Waals surface area contributed by atoms with E-state index in [4.69, 9.17) is 11.6 Å². The second kappa shape index (κ2) is 6.50. The molecule has 140 valence electrons. The molecule has 0 aliphatic heterocycles. The molecule has 0 spiro atoms. The first-order chi connectivity index (χ1) is 12.8. The molecule has 0 aliphatic carbocycles. The summed E-state index contributed by atoms with van der Waals surface area (Å²) in [5.41, 5.74) is 1.23. The summed E-state index contributed by atoms with van der Waals surface area (Å²) in [6.07, 6.45) is -2.99. The van der Waals surface area contributed by atoms with Crippen LogP contribution in [0, 0.1) is 0 Å². The van der Waals surface area contributed by atoms with Gasteiger partial charge in [0.2, 0.25) is 4.96 Å². The minimum absolute atomic E-state index is 0.235. The van der Waals surface area contributed by atoms with Crippen LogP contribution in [0.4, 0.5) is 13.2 Å². The third kappa shape index (κ3) is 3.60. The number of hydrogen-bond acceptors (Lipinski definition) is 6. The molecule has 0 fully saturated rings. The third-order valence-electron chi connectivity index (χ3n) is 3.65. The van der Waals surface area contributed by atoms with Crippen molar-refractivity contribution in [2.24, 2.45) is 7.05 Å². The van der Waals surface area contributed by atoms with Crippen molar-refractivity contribution in [3.63, 3.8) is 0 Å². The molecule has 4 aromatic rings. The van der Waals surface area contributed by atoms with Gasteiger partial charge < -0.3 is 4.74 Å². The van der Waals surface area contributed by atoms with Gasteiger partial charge in [0.1, 0.15) is 11.4 Å². The van der Waals surface area contributed by atoms with Gasteiger partial charge in [-0.15, -0.1) is 23.4 Å². The Kier molecular flexibility index (Phi) is 4.27. The van der Waals surface area contributed by atoms with E-state index in [2.05, 4.69) is 25.1 Å². The van der Waals surface area contributed by atoms with E-state index in [9.17, 15) is 13.2 Å². The molecule has 0 saturated heterocycles. The Morgan fingerprint density at radius 3 is 2.78 bits per heavy atom. The fourth-order valence-corrected chi connectivity index (χ4v) is 3.81. The number of aromatic nitrogens is 6. The molecular weight excluding hydrogens is 405 g/mol. The Labute approximate surface area is 159 Å². The second-order valence-electron chi connectivity index (χ2n) is 5.55. The lowest BCUT2D eigenvalue weighted by molar-refractivity contribution is -0.274. The summed E-state index contributed by atoms with van der Waals surface area (Å²) in [6.45, 7) is 0. The molecule has 4 rings (SSSR count). The zero-order valence-electron chi connectivity index (χ0n) is 13.6. The van der Waals surface area contributed by atoms with Crippen LogP contribution in [0.1, 0.15) is 11.4 Å². The topological polar surface area (TPSA) is 70.1 Å². The number of nitrogens with zero attached hydrogens (tertiary/aromatic N) is 6. The van der Waals surface area contributed by atoms with E-state index < -0.39 is 6.36 Å². The summed E-state index contributed by atoms with van der Waals surface area (Å²) in [4.78, 5) is 0.542. The van der Waals surface area contributed by atoms with Gasteiger partial charge in [-0.05, 0) is 17.7 Å². The zero-order chi connectivity index (χ0) is 19.2. The molecule has 0 atom stereocenters. The van der Waals surface area contributed by atoms with Crippen LogP contribution < -0.4 is 4.74 Å². The first-order valence-corrected chi connectivity index (χ1v) is 8.73. The lowest BCUT2D eigenvalue weighted by atomic mass is 10.1. The van der Waals surface area contributed by atoms with Gasteiger partial charge in [-0.2, -0.15) is 14.7 Å². The van der Waals surface area contributed by atoms with Crippen molar-refractivity contribution in [2.45, 2.75) is 12.8 Å². The van der Waals surface area contributed by atoms with E-state index in [0.717, 1.165) is 0 Å². The van der Waals surface area contributed by atoms with E-state index in [0.29, 0.717) is 32.1 Å². The van der Waals surface area contributed by atoms with Crippen LogP contribution >= 0.6 is 22.9 Å². The normalized spacial score (nSPS) is 12.0. The number of benzene rings is 1. The van der Waals surface area contributed by atoms with Crippen LogP contribution in [0.25, 0.3) is 15.7 Å². The van der Waals surface area contributed by atoms with Crippen LogP contribution in [0.3, 0.4) is 0 Å². The van der Waals surface area contributed by atoms with E-state index in [1.165, 1.54) is 35.7 Å². The number of ether oxygens (including phenoxy) is 1. The molecule has 0 bridgehead atoms. The molecule has 12 heteroatoms. The highest BCUT2D eigenvalue weighted by Gasteiger charge is 2.31. The number of hydrogen-bond donors (Lipinski definition) is 0. The van der Waals surface area contributed by atoms with Crippen molar-refractivity contribution in [1.82, 2.24) is 29.6 Å². The Bertz CT molecular complexity index is 1100. The Hall–Kier alpha value is -2.66. The van der Waals surface area contributed by atoms with Crippen LogP contribution in [0.15, 0.2) is 30.5 Å². The lowest BCUT2D eigenvalue weighted by Crippen LogP contribution is -2.17. The smallest absolute Gasteiger partial charge is 0.406 e. The minimum Gasteiger partial charge on any atom is -0.406 e. The summed E-state index contributed by atoms with van der Waals surface area (Å²) in [5.74, 6) is 0.191. The molecule has 0 aliphatic rings. The van der Waals surface area contributed by atoms with Crippen molar-refractivity contribution in [3.8, 4) is 16.5 Å². The highest BCUT2D eigenvalue weighted by molar-refractivity contribution is 7.19. The SMILES string of the molecule is Cn1ncc(Cl)c1-c1nn2c(Cc3cccc(OC(F)(F)F)c3)nnc2s1. The van der Waals surface area contributed by atoms with Gasteiger partial charge in [0.05, 0.1) is 11.2 Å². The molecular formula is C15H10ClF3N6OS. The van der Waals surface area contributed by atoms with Crippen molar-refractivity contribution in [1.29, 1.82) is 0 Å². The minimum atomic E-state index is -4.74. The Morgan fingerprint density at radius 1 is 1.26 bits per heavy atom. The highest BCUT2D eigenvalue weighted by atomic mass is 35.5. The Balaban J connectivity index is 1.65. The average molecular weight is 415 g/mol. The predicted octanol–water partition coefficient (Wildman–Crippen LogP) is 3.73. The van der Waals surface area contributed by atoms with Crippen molar-refractivity contribution >= 4 is 27.9 Å².